The molecule has 0 saturated carbocycles. The first-order valence-corrected chi connectivity index (χ1v) is 8.58. The molecule has 1 unspecified atom stereocenters. The third-order valence-electron chi connectivity index (χ3n) is 4.01. The zero-order valence-electron chi connectivity index (χ0n) is 12.5. The number of rotatable bonds is 4. The molecule has 0 spiro atoms. The molecule has 6 heteroatoms. The van der Waals surface area contributed by atoms with E-state index in [-0.39, 0.29) is 6.04 Å². The molecule has 0 bridgehead atoms. The molecule has 1 amide bonds. The van der Waals surface area contributed by atoms with E-state index < -0.39 is 32.9 Å². The molecule has 21 heavy (non-hydrogen) atoms. The normalized spacial score (nSPS) is 18.7. The molecule has 1 aliphatic rings. The number of hydrogen-bond donors (Lipinski definition) is 1. The first kappa shape index (κ1) is 16.0. The number of sulfone groups is 1. The summed E-state index contributed by atoms with van der Waals surface area (Å²) >= 11 is 0. The van der Waals surface area contributed by atoms with E-state index in [0.717, 1.165) is 17.7 Å². The number of hydrogen-bond acceptors (Lipinski definition) is 4. The lowest BCUT2D eigenvalue weighted by Gasteiger charge is -2.26. The SMILES string of the molecule is CC1Cc2ccccc2N1C(=O)CS(=O)(=O)C(C)(C)CO. The summed E-state index contributed by atoms with van der Waals surface area (Å²) in [5, 5.41) is 9.21. The van der Waals surface area contributed by atoms with Crippen LogP contribution in [-0.4, -0.2) is 42.6 Å². The van der Waals surface area contributed by atoms with Crippen LogP contribution in [0.3, 0.4) is 0 Å². The van der Waals surface area contributed by atoms with Gasteiger partial charge in [-0.1, -0.05) is 18.2 Å². The number of amides is 1. The Morgan fingerprint density at radius 2 is 2.00 bits per heavy atom. The second-order valence-electron chi connectivity index (χ2n) is 6.12. The Labute approximate surface area is 125 Å². The average molecular weight is 311 g/mol. The van der Waals surface area contributed by atoms with E-state index in [4.69, 9.17) is 0 Å². The maximum Gasteiger partial charge on any atom is 0.242 e. The number of carbonyl (C=O) groups is 1. The summed E-state index contributed by atoms with van der Waals surface area (Å²) < 4.78 is 23.2. The minimum Gasteiger partial charge on any atom is -0.395 e. The Kier molecular flexibility index (Phi) is 4.13. The Morgan fingerprint density at radius 3 is 2.62 bits per heavy atom. The van der Waals surface area contributed by atoms with Crippen LogP contribution >= 0.6 is 0 Å². The second-order valence-corrected chi connectivity index (χ2v) is 8.75. The van der Waals surface area contributed by atoms with E-state index in [1.807, 2.05) is 31.2 Å². The van der Waals surface area contributed by atoms with Gasteiger partial charge in [0.15, 0.2) is 9.84 Å². The largest absolute Gasteiger partial charge is 0.395 e. The van der Waals surface area contributed by atoms with Gasteiger partial charge < -0.3 is 10.0 Å². The van der Waals surface area contributed by atoms with Gasteiger partial charge in [0.05, 0.1) is 11.4 Å². The van der Waals surface area contributed by atoms with E-state index in [0.29, 0.717) is 0 Å². The zero-order chi connectivity index (χ0) is 15.8. The van der Waals surface area contributed by atoms with Crippen LogP contribution in [0.25, 0.3) is 0 Å². The fraction of sp³-hybridized carbons (Fsp3) is 0.533. The summed E-state index contributed by atoms with van der Waals surface area (Å²) in [5.74, 6) is -1.02. The number of anilines is 1. The smallest absolute Gasteiger partial charge is 0.242 e. The number of fused-ring (bicyclic) bond motifs is 1. The van der Waals surface area contributed by atoms with Crippen LogP contribution in [0, 0.1) is 0 Å². The molecule has 1 aliphatic heterocycles. The molecule has 1 heterocycles. The Morgan fingerprint density at radius 1 is 1.38 bits per heavy atom. The molecular weight excluding hydrogens is 290 g/mol. The van der Waals surface area contributed by atoms with E-state index >= 15 is 0 Å². The Bertz CT molecular complexity index is 651. The van der Waals surface area contributed by atoms with Crippen molar-refractivity contribution in [3.8, 4) is 0 Å². The highest BCUT2D eigenvalue weighted by Crippen LogP contribution is 2.32. The molecule has 5 nitrogen and oxygen atoms in total. The van der Waals surface area contributed by atoms with Crippen molar-refractivity contribution < 1.29 is 18.3 Å². The molecule has 1 atom stereocenters. The van der Waals surface area contributed by atoms with E-state index in [1.165, 1.54) is 13.8 Å². The van der Waals surface area contributed by atoms with Crippen LogP contribution in [0.4, 0.5) is 5.69 Å². The van der Waals surface area contributed by atoms with Crippen molar-refractivity contribution in [3.63, 3.8) is 0 Å². The van der Waals surface area contributed by atoms with Crippen LogP contribution in [0.1, 0.15) is 26.3 Å². The quantitative estimate of drug-likeness (QED) is 0.905. The number of para-hydroxylation sites is 1. The highest BCUT2D eigenvalue weighted by Gasteiger charge is 2.39. The summed E-state index contributed by atoms with van der Waals surface area (Å²) in [6.07, 6.45) is 0.728. The lowest BCUT2D eigenvalue weighted by molar-refractivity contribution is -0.116. The van der Waals surface area contributed by atoms with Gasteiger partial charge in [-0.25, -0.2) is 8.42 Å². The van der Waals surface area contributed by atoms with Gasteiger partial charge in [0, 0.05) is 11.7 Å². The first-order chi connectivity index (χ1) is 9.69. The molecule has 0 saturated heterocycles. The predicted molar refractivity (Wildman–Crippen MR) is 82.0 cm³/mol. The van der Waals surface area contributed by atoms with E-state index in [9.17, 15) is 18.3 Å². The molecule has 0 radical (unpaired) electrons. The molecule has 116 valence electrons. The van der Waals surface area contributed by atoms with Crippen LogP contribution in [0.2, 0.25) is 0 Å². The zero-order valence-corrected chi connectivity index (χ0v) is 13.4. The van der Waals surface area contributed by atoms with Gasteiger partial charge in [-0.3, -0.25) is 4.79 Å². The van der Waals surface area contributed by atoms with Crippen LogP contribution in [0.15, 0.2) is 24.3 Å². The maximum absolute atomic E-state index is 12.5. The van der Waals surface area contributed by atoms with Gasteiger partial charge in [0.25, 0.3) is 0 Å². The van der Waals surface area contributed by atoms with Crippen LogP contribution < -0.4 is 4.90 Å². The third kappa shape index (κ3) is 2.82. The van der Waals surface area contributed by atoms with Crippen molar-refractivity contribution in [2.75, 3.05) is 17.3 Å². The molecular formula is C15H21NO4S. The van der Waals surface area contributed by atoms with E-state index in [2.05, 4.69) is 0 Å². The molecule has 1 aromatic rings. The van der Waals surface area contributed by atoms with Crippen LogP contribution in [0.5, 0.6) is 0 Å². The van der Waals surface area contributed by atoms with Gasteiger partial charge >= 0.3 is 0 Å². The Hall–Kier alpha value is -1.40. The summed E-state index contributed by atoms with van der Waals surface area (Å²) in [4.78, 5) is 14.0. The molecule has 0 fully saturated rings. The first-order valence-electron chi connectivity index (χ1n) is 6.93. The number of aliphatic hydroxyl groups excluding tert-OH is 1. The topological polar surface area (TPSA) is 74.7 Å². The minimum atomic E-state index is -3.71. The van der Waals surface area contributed by atoms with Crippen molar-refractivity contribution in [2.24, 2.45) is 0 Å². The summed E-state index contributed by atoms with van der Waals surface area (Å²) in [6.45, 7) is 4.25. The number of aliphatic hydroxyl groups is 1. The molecule has 0 aliphatic carbocycles. The van der Waals surface area contributed by atoms with Gasteiger partial charge in [0.1, 0.15) is 5.75 Å². The number of benzene rings is 1. The predicted octanol–water partition coefficient (Wildman–Crippen LogP) is 1.15. The highest BCUT2D eigenvalue weighted by atomic mass is 32.2. The number of nitrogens with zero attached hydrogens (tertiary/aromatic N) is 1. The van der Waals surface area contributed by atoms with Gasteiger partial charge in [-0.05, 0) is 38.8 Å². The monoisotopic (exact) mass is 311 g/mol. The van der Waals surface area contributed by atoms with Crippen molar-refractivity contribution >= 4 is 21.4 Å². The van der Waals surface area contributed by atoms with Crippen molar-refractivity contribution in [3.05, 3.63) is 29.8 Å². The standard InChI is InChI=1S/C15H21NO4S/c1-11-8-12-6-4-5-7-13(12)16(11)14(18)9-21(19,20)15(2,3)10-17/h4-7,11,17H,8-10H2,1-3H3. The van der Waals surface area contributed by atoms with Crippen molar-refractivity contribution in [1.82, 2.24) is 0 Å². The fourth-order valence-corrected chi connectivity index (χ4v) is 3.52. The molecule has 0 aromatic heterocycles. The average Bonchev–Trinajstić information content (AvgIpc) is 2.73. The third-order valence-corrected chi connectivity index (χ3v) is 6.45. The summed E-state index contributed by atoms with van der Waals surface area (Å²) in [6, 6.07) is 7.47. The summed E-state index contributed by atoms with van der Waals surface area (Å²) in [7, 11) is -3.71. The van der Waals surface area contributed by atoms with Gasteiger partial charge in [-0.2, -0.15) is 0 Å². The lowest BCUT2D eigenvalue weighted by Crippen LogP contribution is -2.45. The van der Waals surface area contributed by atoms with Crippen LogP contribution in [-0.2, 0) is 21.1 Å². The van der Waals surface area contributed by atoms with Gasteiger partial charge in [-0.15, -0.1) is 0 Å². The van der Waals surface area contributed by atoms with E-state index in [1.54, 1.807) is 4.90 Å². The second kappa shape index (κ2) is 5.42. The van der Waals surface area contributed by atoms with Crippen molar-refractivity contribution in [1.29, 1.82) is 0 Å². The summed E-state index contributed by atoms with van der Waals surface area (Å²) in [5.41, 5.74) is 1.84. The lowest BCUT2D eigenvalue weighted by atomic mass is 10.1. The Balaban J connectivity index is 2.26. The maximum atomic E-state index is 12.5. The number of carbonyl (C=O) groups excluding carboxylic acids is 1. The van der Waals surface area contributed by atoms with Gasteiger partial charge in [0.2, 0.25) is 5.91 Å². The molecule has 1 N–H and O–H groups in total. The highest BCUT2D eigenvalue weighted by molar-refractivity contribution is 7.93. The minimum absolute atomic E-state index is 0.0534. The fourth-order valence-electron chi connectivity index (χ4n) is 2.47. The molecule has 1 aromatic carbocycles. The van der Waals surface area contributed by atoms with Crippen molar-refractivity contribution in [2.45, 2.75) is 38.0 Å². The molecule has 2 rings (SSSR count).